The number of aryl methyl sites for hydroxylation is 1. The molecule has 2 rings (SSSR count). The molecule has 0 saturated heterocycles. The number of thiol groups is 1. The van der Waals surface area contributed by atoms with Crippen molar-refractivity contribution in [3.63, 3.8) is 0 Å². The van der Waals surface area contributed by atoms with Gasteiger partial charge in [0.05, 0.1) is 0 Å². The summed E-state index contributed by atoms with van der Waals surface area (Å²) in [5, 5.41) is 0.588. The molecule has 0 N–H and O–H groups in total. The molecule has 1 heteroatoms. The van der Waals surface area contributed by atoms with Crippen molar-refractivity contribution >= 4 is 12.6 Å². The van der Waals surface area contributed by atoms with Crippen LogP contribution in [0.3, 0.4) is 0 Å². The summed E-state index contributed by atoms with van der Waals surface area (Å²) in [6.07, 6.45) is 3.60. The highest BCUT2D eigenvalue weighted by atomic mass is 32.1. The lowest BCUT2D eigenvalue weighted by Crippen LogP contribution is -2.13. The molecule has 1 aromatic carbocycles. The molecule has 0 aromatic heterocycles. The molecular weight excluding hydrogens is 152 g/mol. The fraction of sp³-hybridized carbons (Fsp3) is 0.400. The Labute approximate surface area is 73.0 Å². The van der Waals surface area contributed by atoms with Gasteiger partial charge in [-0.25, -0.2) is 0 Å². The zero-order valence-electron chi connectivity index (χ0n) is 6.46. The second-order valence-electron chi connectivity index (χ2n) is 3.17. The van der Waals surface area contributed by atoms with E-state index in [4.69, 9.17) is 0 Å². The first-order chi connectivity index (χ1) is 5.36. The zero-order chi connectivity index (χ0) is 7.68. The second-order valence-corrected chi connectivity index (χ2v) is 3.90. The molecule has 0 radical (unpaired) electrons. The molecule has 0 bridgehead atoms. The Morgan fingerprint density at radius 1 is 1.18 bits per heavy atom. The van der Waals surface area contributed by atoms with Gasteiger partial charge in [0.25, 0.3) is 0 Å². The van der Waals surface area contributed by atoms with Crippen LogP contribution in [0.1, 0.15) is 17.5 Å². The minimum Gasteiger partial charge on any atom is -0.176 e. The van der Waals surface area contributed by atoms with Crippen molar-refractivity contribution in [2.24, 2.45) is 0 Å². The van der Waals surface area contributed by atoms with Gasteiger partial charge in [-0.2, -0.15) is 12.6 Å². The molecule has 0 nitrogen and oxygen atoms in total. The van der Waals surface area contributed by atoms with Crippen LogP contribution in [0, 0.1) is 0 Å². The first-order valence-electron chi connectivity index (χ1n) is 4.11. The summed E-state index contributed by atoms with van der Waals surface area (Å²) < 4.78 is 0. The molecule has 58 valence electrons. The van der Waals surface area contributed by atoms with E-state index < -0.39 is 0 Å². The molecule has 1 unspecified atom stereocenters. The summed E-state index contributed by atoms with van der Waals surface area (Å²) >= 11 is 4.49. The molecule has 1 aliphatic rings. The Morgan fingerprint density at radius 2 is 1.91 bits per heavy atom. The highest BCUT2D eigenvalue weighted by Gasteiger charge is 2.13. The molecule has 0 fully saturated rings. The third-order valence-electron chi connectivity index (χ3n) is 2.32. The fourth-order valence-electron chi connectivity index (χ4n) is 1.68. The van der Waals surface area contributed by atoms with Gasteiger partial charge >= 0.3 is 0 Å². The SMILES string of the molecule is SC1CCc2ccccc2C1. The normalized spacial score (nSPS) is 22.8. The Morgan fingerprint density at radius 3 is 2.73 bits per heavy atom. The maximum absolute atomic E-state index is 4.49. The van der Waals surface area contributed by atoms with Crippen molar-refractivity contribution in [2.45, 2.75) is 24.5 Å². The van der Waals surface area contributed by atoms with Crippen LogP contribution in [-0.2, 0) is 12.8 Å². The van der Waals surface area contributed by atoms with Gasteiger partial charge < -0.3 is 0 Å². The smallest absolute Gasteiger partial charge is 0.00604 e. The average Bonchev–Trinajstić information content (AvgIpc) is 2.04. The first kappa shape index (κ1) is 7.23. The van der Waals surface area contributed by atoms with Gasteiger partial charge in [0, 0.05) is 5.25 Å². The largest absolute Gasteiger partial charge is 0.176 e. The molecule has 1 aromatic rings. The maximum Gasteiger partial charge on any atom is 0.00604 e. The molecule has 1 aliphatic carbocycles. The Bertz CT molecular complexity index is 255. The third kappa shape index (κ3) is 1.43. The lowest BCUT2D eigenvalue weighted by Gasteiger charge is -2.19. The van der Waals surface area contributed by atoms with E-state index in [1.807, 2.05) is 0 Å². The lowest BCUT2D eigenvalue weighted by molar-refractivity contribution is 0.706. The molecule has 1 atom stereocenters. The maximum atomic E-state index is 4.49. The quantitative estimate of drug-likeness (QED) is 0.559. The van der Waals surface area contributed by atoms with Gasteiger partial charge in [-0.1, -0.05) is 24.3 Å². The highest BCUT2D eigenvalue weighted by Crippen LogP contribution is 2.23. The van der Waals surface area contributed by atoms with Gasteiger partial charge in [0.1, 0.15) is 0 Å². The molecule has 11 heavy (non-hydrogen) atoms. The van der Waals surface area contributed by atoms with Gasteiger partial charge in [-0.3, -0.25) is 0 Å². The molecule has 0 amide bonds. The van der Waals surface area contributed by atoms with E-state index in [1.165, 1.54) is 24.0 Å². The van der Waals surface area contributed by atoms with E-state index in [1.54, 1.807) is 0 Å². The zero-order valence-corrected chi connectivity index (χ0v) is 7.35. The second kappa shape index (κ2) is 2.90. The predicted octanol–water partition coefficient (Wildman–Crippen LogP) is 2.47. The van der Waals surface area contributed by atoms with Crippen LogP contribution in [0.4, 0.5) is 0 Å². The number of benzene rings is 1. The van der Waals surface area contributed by atoms with Crippen molar-refractivity contribution < 1.29 is 0 Å². The minimum absolute atomic E-state index is 0.588. The van der Waals surface area contributed by atoms with E-state index in [9.17, 15) is 0 Å². The molecule has 0 aliphatic heterocycles. The Hall–Kier alpha value is -0.430. The Kier molecular flexibility index (Phi) is 1.91. The average molecular weight is 164 g/mol. The van der Waals surface area contributed by atoms with E-state index in [-0.39, 0.29) is 0 Å². The molecule has 0 saturated carbocycles. The van der Waals surface area contributed by atoms with Crippen LogP contribution in [0.15, 0.2) is 24.3 Å². The van der Waals surface area contributed by atoms with E-state index in [2.05, 4.69) is 36.9 Å². The van der Waals surface area contributed by atoms with Gasteiger partial charge in [0.15, 0.2) is 0 Å². The summed E-state index contributed by atoms with van der Waals surface area (Å²) in [7, 11) is 0. The topological polar surface area (TPSA) is 0 Å². The standard InChI is InChI=1S/C10H12S/c11-10-6-5-8-3-1-2-4-9(8)7-10/h1-4,10-11H,5-7H2. The first-order valence-corrected chi connectivity index (χ1v) is 4.63. The van der Waals surface area contributed by atoms with Gasteiger partial charge in [-0.05, 0) is 30.4 Å². The highest BCUT2D eigenvalue weighted by molar-refractivity contribution is 7.80. The van der Waals surface area contributed by atoms with Crippen molar-refractivity contribution in [3.8, 4) is 0 Å². The Balaban J connectivity index is 2.34. The number of hydrogen-bond donors (Lipinski definition) is 1. The summed E-state index contributed by atoms with van der Waals surface area (Å²) in [6, 6.07) is 8.69. The molecule has 0 heterocycles. The van der Waals surface area contributed by atoms with Crippen molar-refractivity contribution in [1.82, 2.24) is 0 Å². The van der Waals surface area contributed by atoms with Crippen LogP contribution in [0.5, 0.6) is 0 Å². The minimum atomic E-state index is 0.588. The van der Waals surface area contributed by atoms with Gasteiger partial charge in [-0.15, -0.1) is 0 Å². The van der Waals surface area contributed by atoms with Crippen LogP contribution >= 0.6 is 12.6 Å². The summed E-state index contributed by atoms with van der Waals surface area (Å²) in [6.45, 7) is 0. The van der Waals surface area contributed by atoms with E-state index in [0.29, 0.717) is 5.25 Å². The molecular formula is C10H12S. The van der Waals surface area contributed by atoms with E-state index in [0.717, 1.165) is 6.42 Å². The number of hydrogen-bond acceptors (Lipinski definition) is 1. The van der Waals surface area contributed by atoms with Crippen molar-refractivity contribution in [1.29, 1.82) is 0 Å². The third-order valence-corrected chi connectivity index (χ3v) is 2.76. The molecule has 0 spiro atoms. The monoisotopic (exact) mass is 164 g/mol. The van der Waals surface area contributed by atoms with Crippen molar-refractivity contribution in [3.05, 3.63) is 35.4 Å². The number of fused-ring (bicyclic) bond motifs is 1. The summed E-state index contributed by atoms with van der Waals surface area (Å²) in [4.78, 5) is 0. The van der Waals surface area contributed by atoms with E-state index >= 15 is 0 Å². The van der Waals surface area contributed by atoms with Crippen LogP contribution < -0.4 is 0 Å². The van der Waals surface area contributed by atoms with Crippen LogP contribution in [0.25, 0.3) is 0 Å². The fourth-order valence-corrected chi connectivity index (χ4v) is 2.00. The predicted molar refractivity (Wildman–Crippen MR) is 51.2 cm³/mol. The van der Waals surface area contributed by atoms with Crippen LogP contribution in [-0.4, -0.2) is 5.25 Å². The lowest BCUT2D eigenvalue weighted by atomic mass is 9.92. The number of rotatable bonds is 0. The summed E-state index contributed by atoms with van der Waals surface area (Å²) in [5.41, 5.74) is 3.02. The summed E-state index contributed by atoms with van der Waals surface area (Å²) in [5.74, 6) is 0. The van der Waals surface area contributed by atoms with Crippen LogP contribution in [0.2, 0.25) is 0 Å². The van der Waals surface area contributed by atoms with Gasteiger partial charge in [0.2, 0.25) is 0 Å². The van der Waals surface area contributed by atoms with Crippen molar-refractivity contribution in [2.75, 3.05) is 0 Å².